The lowest BCUT2D eigenvalue weighted by Gasteiger charge is -2.34. The zero-order valence-corrected chi connectivity index (χ0v) is 26.2. The summed E-state index contributed by atoms with van der Waals surface area (Å²) in [6.07, 6.45) is -0.516. The van der Waals surface area contributed by atoms with E-state index in [2.05, 4.69) is 16.0 Å². The van der Waals surface area contributed by atoms with Crippen molar-refractivity contribution in [1.29, 1.82) is 0 Å². The summed E-state index contributed by atoms with van der Waals surface area (Å²) in [7, 11) is 3.23. The number of nitrogens with zero attached hydrogens (tertiary/aromatic N) is 2. The molecule has 13 nitrogen and oxygen atoms in total. The van der Waals surface area contributed by atoms with Crippen molar-refractivity contribution in [1.82, 2.24) is 9.80 Å². The summed E-state index contributed by atoms with van der Waals surface area (Å²) in [6, 6.07) is 16.0. The molecule has 0 saturated heterocycles. The van der Waals surface area contributed by atoms with Gasteiger partial charge in [-0.25, -0.2) is 9.59 Å². The number of amides is 5. The van der Waals surface area contributed by atoms with Gasteiger partial charge in [-0.1, -0.05) is 6.92 Å². The molecule has 0 saturated carbocycles. The van der Waals surface area contributed by atoms with E-state index in [1.54, 1.807) is 86.6 Å². The molecular weight excluding hydrogens is 594 g/mol. The van der Waals surface area contributed by atoms with Crippen LogP contribution in [0.5, 0.6) is 23.0 Å². The number of carbonyl (C=O) groups is 3. The number of fused-ring (bicyclic) bond motifs is 2. The van der Waals surface area contributed by atoms with E-state index in [0.29, 0.717) is 52.2 Å². The highest BCUT2D eigenvalue weighted by Crippen LogP contribution is 2.34. The fraction of sp³-hybridized carbons (Fsp3) is 0.364. The molecule has 2 aliphatic rings. The number of anilines is 3. The Bertz CT molecular complexity index is 1570. The predicted molar refractivity (Wildman–Crippen MR) is 172 cm³/mol. The molecule has 244 valence electrons. The minimum absolute atomic E-state index is 0.00479. The molecule has 0 spiro atoms. The van der Waals surface area contributed by atoms with E-state index in [9.17, 15) is 19.5 Å². The first kappa shape index (κ1) is 32.2. The molecule has 4 N–H and O–H groups in total. The second kappa shape index (κ2) is 14.3. The minimum Gasteiger partial charge on any atom is -0.497 e. The molecule has 13 heteroatoms. The second-order valence-corrected chi connectivity index (χ2v) is 11.4. The number of likely N-dealkylation sites (N-methyl/N-ethyl adjacent to an activating group) is 1. The van der Waals surface area contributed by atoms with Gasteiger partial charge >= 0.3 is 12.1 Å². The van der Waals surface area contributed by atoms with Crippen LogP contribution in [-0.4, -0.2) is 85.7 Å². The van der Waals surface area contributed by atoms with E-state index < -0.39 is 18.2 Å². The summed E-state index contributed by atoms with van der Waals surface area (Å²) in [5, 5.41) is 18.4. The normalized spacial score (nSPS) is 17.8. The first-order valence-corrected chi connectivity index (χ1v) is 15.0. The van der Waals surface area contributed by atoms with Crippen molar-refractivity contribution in [3.05, 3.63) is 66.2 Å². The van der Waals surface area contributed by atoms with Gasteiger partial charge < -0.3 is 49.8 Å². The van der Waals surface area contributed by atoms with E-state index in [4.69, 9.17) is 18.9 Å². The maximum absolute atomic E-state index is 13.5. The maximum atomic E-state index is 13.5. The Hall–Kier alpha value is -5.17. The molecule has 3 atom stereocenters. The largest absolute Gasteiger partial charge is 0.497 e. The van der Waals surface area contributed by atoms with Gasteiger partial charge in [0, 0.05) is 48.2 Å². The van der Waals surface area contributed by atoms with Gasteiger partial charge in [-0.15, -0.1) is 0 Å². The maximum Gasteiger partial charge on any atom is 0.323 e. The van der Waals surface area contributed by atoms with Crippen molar-refractivity contribution in [3.63, 3.8) is 0 Å². The fourth-order valence-electron chi connectivity index (χ4n) is 5.24. The molecule has 5 rings (SSSR count). The van der Waals surface area contributed by atoms with E-state index in [0.717, 1.165) is 0 Å². The summed E-state index contributed by atoms with van der Waals surface area (Å²) in [5.74, 6) is 1.91. The van der Waals surface area contributed by atoms with Gasteiger partial charge in [0.05, 0.1) is 32.7 Å². The van der Waals surface area contributed by atoms with E-state index >= 15 is 0 Å². The predicted octanol–water partition coefficient (Wildman–Crippen LogP) is 4.38. The highest BCUT2D eigenvalue weighted by molar-refractivity contribution is 6.00. The number of aliphatic hydroxyl groups is 1. The molecule has 0 bridgehead atoms. The van der Waals surface area contributed by atoms with Crippen LogP contribution < -0.4 is 34.9 Å². The molecule has 2 aliphatic heterocycles. The van der Waals surface area contributed by atoms with Crippen LogP contribution >= 0.6 is 0 Å². The molecule has 0 aliphatic carbocycles. The summed E-state index contributed by atoms with van der Waals surface area (Å²) >= 11 is 0. The van der Waals surface area contributed by atoms with Gasteiger partial charge in [-0.3, -0.25) is 4.79 Å². The topological polar surface area (TPSA) is 151 Å². The van der Waals surface area contributed by atoms with Crippen molar-refractivity contribution < 1.29 is 38.4 Å². The first-order valence-electron chi connectivity index (χ1n) is 15.0. The number of hydrogen-bond acceptors (Lipinski definition) is 8. The lowest BCUT2D eigenvalue weighted by Crippen LogP contribution is -2.48. The third-order valence-corrected chi connectivity index (χ3v) is 7.95. The monoisotopic (exact) mass is 633 g/mol. The summed E-state index contributed by atoms with van der Waals surface area (Å²) in [4.78, 5) is 42.6. The number of benzene rings is 3. The highest BCUT2D eigenvalue weighted by Gasteiger charge is 2.32. The van der Waals surface area contributed by atoms with Gasteiger partial charge in [0.1, 0.15) is 17.6 Å². The van der Waals surface area contributed by atoms with Crippen LogP contribution in [0.25, 0.3) is 0 Å². The van der Waals surface area contributed by atoms with Crippen LogP contribution in [0.3, 0.4) is 0 Å². The SMILES string of the molecule is COc1ccc(NC(=O)Nc2ccc3c(c2)CC(=O)N([C@H](C)CO)C[C@H](C)[C@H](CN(C)C(=O)Nc2ccc4c(c2)OCO4)O3)cc1. The first-order chi connectivity index (χ1) is 22.1. The van der Waals surface area contributed by atoms with Crippen LogP contribution in [-0.2, 0) is 11.2 Å². The number of nitrogens with one attached hydrogen (secondary N) is 3. The smallest absolute Gasteiger partial charge is 0.323 e. The fourth-order valence-corrected chi connectivity index (χ4v) is 5.24. The molecular formula is C33H39N5O8. The van der Waals surface area contributed by atoms with E-state index in [-0.39, 0.29) is 44.2 Å². The van der Waals surface area contributed by atoms with E-state index in [1.165, 1.54) is 4.90 Å². The summed E-state index contributed by atoms with van der Waals surface area (Å²) < 4.78 is 22.4. The van der Waals surface area contributed by atoms with Crippen molar-refractivity contribution in [3.8, 4) is 23.0 Å². The molecule has 0 aromatic heterocycles. The Kier molecular flexibility index (Phi) is 10.0. The zero-order valence-electron chi connectivity index (χ0n) is 26.2. The van der Waals surface area contributed by atoms with Crippen LogP contribution in [0.1, 0.15) is 19.4 Å². The van der Waals surface area contributed by atoms with Gasteiger partial charge in [0.2, 0.25) is 12.7 Å². The molecule has 2 heterocycles. The Morgan fingerprint density at radius 2 is 1.63 bits per heavy atom. The van der Waals surface area contributed by atoms with Gasteiger partial charge in [-0.2, -0.15) is 0 Å². The van der Waals surface area contributed by atoms with Gasteiger partial charge in [-0.05, 0) is 61.5 Å². The lowest BCUT2D eigenvalue weighted by atomic mass is 10.0. The third kappa shape index (κ3) is 7.72. The van der Waals surface area contributed by atoms with Gasteiger partial charge in [0.25, 0.3) is 0 Å². The Morgan fingerprint density at radius 3 is 2.35 bits per heavy atom. The van der Waals surface area contributed by atoms with Crippen molar-refractivity contribution in [2.45, 2.75) is 32.4 Å². The van der Waals surface area contributed by atoms with Crippen LogP contribution in [0.15, 0.2) is 60.7 Å². The van der Waals surface area contributed by atoms with Crippen LogP contribution in [0.4, 0.5) is 26.7 Å². The third-order valence-electron chi connectivity index (χ3n) is 7.95. The standard InChI is InChI=1S/C33H39N5O8/c1-20-16-38(21(2)18-39)31(40)14-22-13-24(35-32(41)34-23-5-9-26(43-4)10-6-23)7-11-27(22)46-30(20)17-37(3)33(42)36-25-8-12-28-29(15-25)45-19-44-28/h5-13,15,20-21,30,39H,14,16-19H2,1-4H3,(H,36,42)(H2,34,35,41)/t20-,21+,30-/m0/s1. The average molecular weight is 634 g/mol. The number of rotatable bonds is 8. The van der Waals surface area contributed by atoms with Crippen molar-refractivity contribution in [2.24, 2.45) is 5.92 Å². The average Bonchev–Trinajstić information content (AvgIpc) is 3.53. The number of carbonyl (C=O) groups excluding carboxylic acids is 3. The van der Waals surface area contributed by atoms with Crippen LogP contribution in [0.2, 0.25) is 0 Å². The molecule has 3 aromatic rings. The Labute approximate surface area is 267 Å². The molecule has 46 heavy (non-hydrogen) atoms. The lowest BCUT2D eigenvalue weighted by molar-refractivity contribution is -0.134. The van der Waals surface area contributed by atoms with Gasteiger partial charge in [0.15, 0.2) is 11.5 Å². The Balaban J connectivity index is 1.33. The summed E-state index contributed by atoms with van der Waals surface area (Å²) in [5.41, 5.74) is 2.16. The Morgan fingerprint density at radius 1 is 0.978 bits per heavy atom. The minimum atomic E-state index is -0.511. The number of ether oxygens (including phenoxy) is 4. The zero-order chi connectivity index (χ0) is 32.8. The molecule has 5 amide bonds. The quantitative estimate of drug-likeness (QED) is 0.285. The van der Waals surface area contributed by atoms with Crippen LogP contribution in [0, 0.1) is 5.92 Å². The molecule has 0 fully saturated rings. The van der Waals surface area contributed by atoms with E-state index in [1.807, 2.05) is 6.92 Å². The molecule has 3 aromatic carbocycles. The highest BCUT2D eigenvalue weighted by atomic mass is 16.7. The number of methoxy groups -OCH3 is 1. The number of hydrogen-bond donors (Lipinski definition) is 4. The van der Waals surface area contributed by atoms with Crippen molar-refractivity contribution in [2.75, 3.05) is 56.6 Å². The molecule has 0 unspecified atom stereocenters. The second-order valence-electron chi connectivity index (χ2n) is 11.4. The number of aliphatic hydroxyl groups excluding tert-OH is 1. The molecule has 0 radical (unpaired) electrons. The number of urea groups is 2. The summed E-state index contributed by atoms with van der Waals surface area (Å²) in [6.45, 7) is 4.17. The van der Waals surface area contributed by atoms with Crippen molar-refractivity contribution >= 4 is 35.0 Å².